The van der Waals surface area contributed by atoms with Crippen molar-refractivity contribution in [2.75, 3.05) is 11.9 Å². The Morgan fingerprint density at radius 3 is 2.87 bits per heavy atom. The Kier molecular flexibility index (Phi) is 2.98. The van der Waals surface area contributed by atoms with Crippen LogP contribution < -0.4 is 5.32 Å². The van der Waals surface area contributed by atoms with E-state index in [1.165, 1.54) is 12.1 Å². The third kappa shape index (κ3) is 2.92. The summed E-state index contributed by atoms with van der Waals surface area (Å²) in [5.74, 6) is -0.258. The molecule has 0 saturated heterocycles. The van der Waals surface area contributed by atoms with E-state index in [1.54, 1.807) is 6.07 Å². The lowest BCUT2D eigenvalue weighted by molar-refractivity contribution is 0.144. The lowest BCUT2D eigenvalue weighted by atomic mass is 10.2. The molecule has 0 aromatic heterocycles. The van der Waals surface area contributed by atoms with Gasteiger partial charge in [-0.15, -0.1) is 0 Å². The number of anilines is 1. The first kappa shape index (κ1) is 10.9. The lowest BCUT2D eigenvalue weighted by Crippen LogP contribution is -2.14. The van der Waals surface area contributed by atoms with Crippen LogP contribution in [-0.2, 0) is 0 Å². The molecule has 15 heavy (non-hydrogen) atoms. The van der Waals surface area contributed by atoms with Crippen molar-refractivity contribution in [2.24, 2.45) is 0 Å². The Labute approximate surface area is 96.6 Å². The number of nitrogens with one attached hydrogen (secondary N) is 1. The highest BCUT2D eigenvalue weighted by atomic mass is 79.9. The summed E-state index contributed by atoms with van der Waals surface area (Å²) in [5, 5.41) is 12.7. The van der Waals surface area contributed by atoms with E-state index >= 15 is 0 Å². The zero-order valence-corrected chi connectivity index (χ0v) is 9.85. The second-order valence-electron chi connectivity index (χ2n) is 4.03. The fraction of sp³-hybridized carbons (Fsp3) is 0.455. The quantitative estimate of drug-likeness (QED) is 0.884. The summed E-state index contributed by atoms with van der Waals surface area (Å²) in [4.78, 5) is 0. The first-order valence-electron chi connectivity index (χ1n) is 5.00. The minimum Gasteiger partial charge on any atom is -0.390 e. The first-order chi connectivity index (χ1) is 7.09. The first-order valence-corrected chi connectivity index (χ1v) is 5.80. The van der Waals surface area contributed by atoms with Gasteiger partial charge in [0.2, 0.25) is 0 Å². The summed E-state index contributed by atoms with van der Waals surface area (Å²) < 4.78 is 13.8. The van der Waals surface area contributed by atoms with Crippen LogP contribution in [-0.4, -0.2) is 17.3 Å². The lowest BCUT2D eigenvalue weighted by Gasteiger charge is -2.11. The van der Waals surface area contributed by atoms with Crippen LogP contribution in [0, 0.1) is 5.82 Å². The van der Waals surface area contributed by atoms with Crippen LogP contribution in [0.25, 0.3) is 0 Å². The molecule has 1 aliphatic rings. The van der Waals surface area contributed by atoms with Crippen molar-refractivity contribution >= 4 is 21.6 Å². The van der Waals surface area contributed by atoms with Crippen LogP contribution in [0.3, 0.4) is 0 Å². The predicted octanol–water partition coefficient (Wildman–Crippen LogP) is 2.92. The molecule has 2 nitrogen and oxygen atoms in total. The Morgan fingerprint density at radius 2 is 2.20 bits per heavy atom. The van der Waals surface area contributed by atoms with Crippen LogP contribution in [0.4, 0.5) is 10.1 Å². The number of hydrogen-bond acceptors (Lipinski definition) is 2. The normalized spacial score (nSPS) is 17.5. The van der Waals surface area contributed by atoms with Gasteiger partial charge in [0.1, 0.15) is 5.82 Å². The minimum absolute atomic E-state index is 0.258. The maximum atomic E-state index is 12.9. The molecule has 2 rings (SSSR count). The van der Waals surface area contributed by atoms with Crippen LogP contribution in [0.2, 0.25) is 0 Å². The highest BCUT2D eigenvalue weighted by molar-refractivity contribution is 9.10. The van der Waals surface area contributed by atoms with Gasteiger partial charge in [0.25, 0.3) is 0 Å². The molecular weight excluding hydrogens is 261 g/mol. The number of aliphatic hydroxyl groups is 1. The molecule has 4 heteroatoms. The van der Waals surface area contributed by atoms with Gasteiger partial charge < -0.3 is 10.4 Å². The van der Waals surface area contributed by atoms with Crippen LogP contribution in [0.15, 0.2) is 22.7 Å². The number of benzene rings is 1. The summed E-state index contributed by atoms with van der Waals surface area (Å²) >= 11 is 3.34. The summed E-state index contributed by atoms with van der Waals surface area (Å²) in [7, 11) is 0. The van der Waals surface area contributed by atoms with E-state index in [-0.39, 0.29) is 5.82 Å². The minimum atomic E-state index is -0.452. The van der Waals surface area contributed by atoms with E-state index in [4.69, 9.17) is 0 Å². The van der Waals surface area contributed by atoms with Gasteiger partial charge in [-0.25, -0.2) is 4.39 Å². The topological polar surface area (TPSA) is 32.3 Å². The zero-order chi connectivity index (χ0) is 10.9. The molecule has 0 bridgehead atoms. The van der Waals surface area contributed by atoms with E-state index in [9.17, 15) is 9.50 Å². The Morgan fingerprint density at radius 1 is 1.47 bits per heavy atom. The van der Waals surface area contributed by atoms with Crippen molar-refractivity contribution in [1.29, 1.82) is 0 Å². The SMILES string of the molecule is OC1(CCNc2cc(F)ccc2Br)CC1. The third-order valence-electron chi connectivity index (χ3n) is 2.66. The molecule has 0 heterocycles. The van der Waals surface area contributed by atoms with Gasteiger partial charge in [0, 0.05) is 11.0 Å². The van der Waals surface area contributed by atoms with Crippen molar-refractivity contribution in [2.45, 2.75) is 24.9 Å². The van der Waals surface area contributed by atoms with E-state index < -0.39 is 5.60 Å². The molecule has 1 fully saturated rings. The maximum Gasteiger partial charge on any atom is 0.125 e. The summed E-state index contributed by atoms with van der Waals surface area (Å²) in [6, 6.07) is 4.52. The summed E-state index contributed by atoms with van der Waals surface area (Å²) in [5.41, 5.74) is 0.284. The van der Waals surface area contributed by atoms with Crippen molar-refractivity contribution in [3.05, 3.63) is 28.5 Å². The Balaban J connectivity index is 1.89. The summed E-state index contributed by atoms with van der Waals surface area (Å²) in [6.45, 7) is 0.665. The molecule has 0 amide bonds. The molecule has 0 radical (unpaired) electrons. The highest BCUT2D eigenvalue weighted by Gasteiger charge is 2.39. The molecule has 0 aliphatic heterocycles. The molecule has 1 aliphatic carbocycles. The molecule has 2 N–H and O–H groups in total. The monoisotopic (exact) mass is 273 g/mol. The molecule has 1 aromatic rings. The van der Waals surface area contributed by atoms with Crippen molar-refractivity contribution in [3.63, 3.8) is 0 Å². The standard InChI is InChI=1S/C11H13BrFNO/c12-9-2-1-8(13)7-10(9)14-6-5-11(15)3-4-11/h1-2,7,14-15H,3-6H2. The Bertz CT molecular complexity index is 366. The van der Waals surface area contributed by atoms with Crippen LogP contribution in [0.1, 0.15) is 19.3 Å². The predicted molar refractivity (Wildman–Crippen MR) is 61.4 cm³/mol. The van der Waals surface area contributed by atoms with E-state index in [0.29, 0.717) is 6.54 Å². The van der Waals surface area contributed by atoms with Gasteiger partial charge in [0.05, 0.1) is 11.3 Å². The number of rotatable bonds is 4. The smallest absolute Gasteiger partial charge is 0.125 e. The van der Waals surface area contributed by atoms with Gasteiger partial charge in [-0.05, 0) is 53.4 Å². The van der Waals surface area contributed by atoms with Crippen molar-refractivity contribution in [3.8, 4) is 0 Å². The Hall–Kier alpha value is -0.610. The molecular formula is C11H13BrFNO. The molecule has 0 unspecified atom stereocenters. The second kappa shape index (κ2) is 4.10. The number of halogens is 2. The van der Waals surface area contributed by atoms with Crippen molar-refractivity contribution in [1.82, 2.24) is 0 Å². The average Bonchev–Trinajstić information content (AvgIpc) is 2.90. The largest absolute Gasteiger partial charge is 0.390 e. The molecule has 0 atom stereocenters. The fourth-order valence-corrected chi connectivity index (χ4v) is 1.84. The fourth-order valence-electron chi connectivity index (χ4n) is 1.46. The highest BCUT2D eigenvalue weighted by Crippen LogP contribution is 2.38. The zero-order valence-electron chi connectivity index (χ0n) is 8.26. The van der Waals surface area contributed by atoms with Crippen LogP contribution in [0.5, 0.6) is 0 Å². The van der Waals surface area contributed by atoms with Crippen molar-refractivity contribution < 1.29 is 9.50 Å². The van der Waals surface area contributed by atoms with E-state index in [1.807, 2.05) is 0 Å². The van der Waals surface area contributed by atoms with Gasteiger partial charge >= 0.3 is 0 Å². The molecule has 82 valence electrons. The molecule has 1 saturated carbocycles. The van der Waals surface area contributed by atoms with Gasteiger partial charge in [0.15, 0.2) is 0 Å². The summed E-state index contributed by atoms with van der Waals surface area (Å²) in [6.07, 6.45) is 2.49. The molecule has 1 aromatic carbocycles. The second-order valence-corrected chi connectivity index (χ2v) is 4.88. The van der Waals surface area contributed by atoms with Gasteiger partial charge in [-0.3, -0.25) is 0 Å². The van der Waals surface area contributed by atoms with E-state index in [0.717, 1.165) is 29.4 Å². The third-order valence-corrected chi connectivity index (χ3v) is 3.35. The molecule has 0 spiro atoms. The van der Waals surface area contributed by atoms with Crippen LogP contribution >= 0.6 is 15.9 Å². The van der Waals surface area contributed by atoms with Gasteiger partial charge in [-0.2, -0.15) is 0 Å². The van der Waals surface area contributed by atoms with E-state index in [2.05, 4.69) is 21.2 Å². The average molecular weight is 274 g/mol. The van der Waals surface area contributed by atoms with Gasteiger partial charge in [-0.1, -0.05) is 0 Å². The maximum absolute atomic E-state index is 12.9. The number of hydrogen-bond donors (Lipinski definition) is 2.